The Bertz CT molecular complexity index is 1490. The summed E-state index contributed by atoms with van der Waals surface area (Å²) in [5.41, 5.74) is 1.89. The zero-order valence-corrected chi connectivity index (χ0v) is 22.3. The minimum absolute atomic E-state index is 0.0804. The molecule has 0 aliphatic carbocycles. The Hall–Kier alpha value is -2.84. The highest BCUT2D eigenvalue weighted by Crippen LogP contribution is 2.25. The summed E-state index contributed by atoms with van der Waals surface area (Å²) < 4.78 is 26.3. The number of thiazole rings is 1. The van der Waals surface area contributed by atoms with E-state index in [0.717, 1.165) is 45.3 Å². The summed E-state index contributed by atoms with van der Waals surface area (Å²) in [6.07, 6.45) is 1.08. The van der Waals surface area contributed by atoms with Gasteiger partial charge in [0, 0.05) is 53.4 Å². The van der Waals surface area contributed by atoms with E-state index in [-0.39, 0.29) is 18.8 Å². The summed E-state index contributed by atoms with van der Waals surface area (Å²) >= 11 is 7.35. The molecule has 14 heteroatoms. The quantitative estimate of drug-likeness (QED) is 0.363. The van der Waals surface area contributed by atoms with Gasteiger partial charge >= 0.3 is 0 Å². The van der Waals surface area contributed by atoms with Crippen molar-refractivity contribution in [2.45, 2.75) is 25.0 Å². The molecule has 3 aromatic rings. The minimum Gasteiger partial charge on any atom is -0.351 e. The first-order chi connectivity index (χ1) is 17.6. The van der Waals surface area contributed by atoms with E-state index in [9.17, 15) is 22.8 Å². The van der Waals surface area contributed by atoms with E-state index in [4.69, 9.17) is 11.6 Å². The first kappa shape index (κ1) is 25.8. The Balaban J connectivity index is 1.35. The van der Waals surface area contributed by atoms with E-state index in [0.29, 0.717) is 16.3 Å². The van der Waals surface area contributed by atoms with Gasteiger partial charge in [0.25, 0.3) is 11.8 Å². The van der Waals surface area contributed by atoms with E-state index < -0.39 is 39.7 Å². The molecule has 1 fully saturated rings. The van der Waals surface area contributed by atoms with Crippen LogP contribution < -0.4 is 10.6 Å². The average Bonchev–Trinajstić information content (AvgIpc) is 3.55. The molecule has 196 valence electrons. The standard InChI is InChI=1S/C23H25ClN6O5S2/c1-29-5-4-16-20(12-29)36-23(28-16)22(33)27-19-11-30(37(34,35)7-6-31)10-18(19)26-21(32)17-9-13-8-14(24)2-3-15(13)25-17/h2-3,6,8-9,18-19,25H,4-5,7,10-12H2,1H3,(H,26,32)(H,27,33)/t18-,19-/m1/s1. The lowest BCUT2D eigenvalue weighted by Gasteiger charge is -2.20. The van der Waals surface area contributed by atoms with E-state index in [1.165, 1.54) is 11.3 Å². The number of aromatic nitrogens is 2. The van der Waals surface area contributed by atoms with E-state index in [1.807, 2.05) is 7.05 Å². The van der Waals surface area contributed by atoms with Crippen LogP contribution in [0.5, 0.6) is 0 Å². The van der Waals surface area contributed by atoms with Crippen molar-refractivity contribution in [2.24, 2.45) is 0 Å². The predicted molar refractivity (Wildman–Crippen MR) is 139 cm³/mol. The zero-order chi connectivity index (χ0) is 26.3. The number of rotatable bonds is 7. The van der Waals surface area contributed by atoms with Crippen molar-refractivity contribution in [2.75, 3.05) is 32.4 Å². The van der Waals surface area contributed by atoms with Crippen molar-refractivity contribution in [3.63, 3.8) is 0 Å². The van der Waals surface area contributed by atoms with Gasteiger partial charge in [0.1, 0.15) is 17.7 Å². The van der Waals surface area contributed by atoms with Crippen LogP contribution in [0.1, 0.15) is 30.9 Å². The fraction of sp³-hybridized carbons (Fsp3) is 0.391. The minimum atomic E-state index is -3.89. The van der Waals surface area contributed by atoms with Crippen LogP contribution in [0.15, 0.2) is 24.3 Å². The molecular weight excluding hydrogens is 540 g/mol. The highest BCUT2D eigenvalue weighted by atomic mass is 35.5. The van der Waals surface area contributed by atoms with Crippen molar-refractivity contribution in [3.8, 4) is 0 Å². The summed E-state index contributed by atoms with van der Waals surface area (Å²) in [7, 11) is -1.88. The fourth-order valence-corrected chi connectivity index (χ4v) is 7.03. The molecule has 0 spiro atoms. The van der Waals surface area contributed by atoms with Gasteiger partial charge in [-0.3, -0.25) is 9.59 Å². The largest absolute Gasteiger partial charge is 0.351 e. The van der Waals surface area contributed by atoms with Crippen LogP contribution in [0.25, 0.3) is 10.9 Å². The number of hydrogen-bond donors (Lipinski definition) is 3. The lowest BCUT2D eigenvalue weighted by atomic mass is 10.1. The molecule has 37 heavy (non-hydrogen) atoms. The molecule has 1 saturated heterocycles. The molecule has 4 heterocycles. The fourth-order valence-electron chi connectivity index (χ4n) is 4.60. The van der Waals surface area contributed by atoms with Crippen LogP contribution in [-0.2, 0) is 27.8 Å². The second-order valence-corrected chi connectivity index (χ2v) is 12.7. The van der Waals surface area contributed by atoms with Gasteiger partial charge in [-0.1, -0.05) is 11.6 Å². The number of likely N-dealkylation sites (N-methyl/N-ethyl adjacent to an activating group) is 1. The SMILES string of the molecule is CN1CCc2nc(C(=O)N[C@@H]3CN(S(=O)(=O)CC=O)C[C@H]3NC(=O)c3cc4cc(Cl)ccc4[nH]3)sc2C1. The molecule has 0 bridgehead atoms. The lowest BCUT2D eigenvalue weighted by Crippen LogP contribution is -2.51. The van der Waals surface area contributed by atoms with Crippen LogP contribution in [0.4, 0.5) is 0 Å². The van der Waals surface area contributed by atoms with Gasteiger partial charge in [0.15, 0.2) is 5.01 Å². The van der Waals surface area contributed by atoms with Gasteiger partial charge in [-0.15, -0.1) is 11.3 Å². The number of fused-ring (bicyclic) bond motifs is 2. The molecule has 0 saturated carbocycles. The Labute approximate surface area is 222 Å². The average molecular weight is 565 g/mol. The smallest absolute Gasteiger partial charge is 0.280 e. The van der Waals surface area contributed by atoms with Crippen LogP contribution in [0.2, 0.25) is 5.02 Å². The number of carbonyl (C=O) groups excluding carboxylic acids is 3. The summed E-state index contributed by atoms with van der Waals surface area (Å²) in [6.45, 7) is 1.41. The number of amides is 2. The number of sulfonamides is 1. The molecule has 3 N–H and O–H groups in total. The van der Waals surface area contributed by atoms with Crippen LogP contribution in [-0.4, -0.2) is 90.2 Å². The van der Waals surface area contributed by atoms with Gasteiger partial charge in [-0.2, -0.15) is 4.31 Å². The molecule has 2 aromatic heterocycles. The summed E-state index contributed by atoms with van der Waals surface area (Å²) in [4.78, 5) is 47.8. The molecule has 2 atom stereocenters. The molecule has 2 aliphatic rings. The predicted octanol–water partition coefficient (Wildman–Crippen LogP) is 1.01. The lowest BCUT2D eigenvalue weighted by molar-refractivity contribution is -0.105. The van der Waals surface area contributed by atoms with Crippen molar-refractivity contribution < 1.29 is 22.8 Å². The second kappa shape index (κ2) is 10.1. The number of benzene rings is 1. The Morgan fingerprint density at radius 2 is 1.95 bits per heavy atom. The number of carbonyl (C=O) groups is 3. The maximum absolute atomic E-state index is 13.1. The normalized spacial score (nSPS) is 20.6. The number of nitrogens with zero attached hydrogens (tertiary/aromatic N) is 3. The number of aromatic amines is 1. The third kappa shape index (κ3) is 5.41. The summed E-state index contributed by atoms with van der Waals surface area (Å²) in [5.74, 6) is -1.57. The molecular formula is C23H25ClN6O5S2. The van der Waals surface area contributed by atoms with Crippen molar-refractivity contribution in [1.82, 2.24) is 29.8 Å². The van der Waals surface area contributed by atoms with Gasteiger partial charge in [0.05, 0.1) is 17.8 Å². The molecule has 2 aliphatic heterocycles. The topological polar surface area (TPSA) is 145 Å². The summed E-state index contributed by atoms with van der Waals surface area (Å²) in [5, 5.41) is 7.28. The number of hydrogen-bond acceptors (Lipinski definition) is 8. The first-order valence-corrected chi connectivity index (χ1v) is 14.4. The Morgan fingerprint density at radius 1 is 1.22 bits per heavy atom. The van der Waals surface area contributed by atoms with E-state index in [1.54, 1.807) is 24.3 Å². The third-order valence-corrected chi connectivity index (χ3v) is 9.49. The molecule has 0 radical (unpaired) electrons. The van der Waals surface area contributed by atoms with Crippen molar-refractivity contribution in [3.05, 3.63) is 50.6 Å². The molecule has 0 unspecified atom stereocenters. The first-order valence-electron chi connectivity index (χ1n) is 11.6. The zero-order valence-electron chi connectivity index (χ0n) is 19.9. The molecule has 1 aromatic carbocycles. The van der Waals surface area contributed by atoms with Crippen molar-refractivity contribution in [1.29, 1.82) is 0 Å². The monoisotopic (exact) mass is 564 g/mol. The number of nitrogens with one attached hydrogen (secondary N) is 3. The van der Waals surface area contributed by atoms with Crippen LogP contribution in [0, 0.1) is 0 Å². The highest BCUT2D eigenvalue weighted by Gasteiger charge is 2.41. The van der Waals surface area contributed by atoms with Crippen LogP contribution >= 0.6 is 22.9 Å². The number of H-pyrrole nitrogens is 1. The third-order valence-electron chi connectivity index (χ3n) is 6.54. The van der Waals surface area contributed by atoms with Gasteiger partial charge in [0.2, 0.25) is 10.0 Å². The van der Waals surface area contributed by atoms with Crippen molar-refractivity contribution >= 4 is 62.0 Å². The number of aldehydes is 1. The molecule has 5 rings (SSSR count). The second-order valence-electron chi connectivity index (χ2n) is 9.21. The van der Waals surface area contributed by atoms with E-state index >= 15 is 0 Å². The summed E-state index contributed by atoms with van der Waals surface area (Å²) in [6, 6.07) is 5.38. The maximum atomic E-state index is 13.1. The molecule has 11 nitrogen and oxygen atoms in total. The maximum Gasteiger partial charge on any atom is 0.280 e. The highest BCUT2D eigenvalue weighted by molar-refractivity contribution is 7.89. The van der Waals surface area contributed by atoms with Gasteiger partial charge in [-0.05, 0) is 31.3 Å². The molecule has 2 amide bonds. The van der Waals surface area contributed by atoms with E-state index in [2.05, 4.69) is 25.5 Å². The van der Waals surface area contributed by atoms with Gasteiger partial charge in [-0.25, -0.2) is 13.4 Å². The Morgan fingerprint density at radius 3 is 2.68 bits per heavy atom. The Kier molecular flexibility index (Phi) is 7.07. The van der Waals surface area contributed by atoms with Gasteiger partial charge < -0.3 is 25.3 Å². The van der Waals surface area contributed by atoms with Crippen LogP contribution in [0.3, 0.4) is 0 Å². The number of halogens is 1.